The number of ether oxygens (including phenoxy) is 1. The van der Waals surface area contributed by atoms with Crippen molar-refractivity contribution in [2.24, 2.45) is 0 Å². The largest absolute Gasteiger partial charge is 0.465 e. The van der Waals surface area contributed by atoms with E-state index in [1.165, 1.54) is 30.6 Å². The minimum atomic E-state index is -3.76. The van der Waals surface area contributed by atoms with Crippen molar-refractivity contribution in [3.05, 3.63) is 81.2 Å². The highest BCUT2D eigenvalue weighted by Crippen LogP contribution is 2.37. The molecule has 0 saturated carbocycles. The van der Waals surface area contributed by atoms with Crippen molar-refractivity contribution >= 4 is 83.4 Å². The van der Waals surface area contributed by atoms with Gasteiger partial charge in [0.1, 0.15) is 4.88 Å². The zero-order valence-corrected chi connectivity index (χ0v) is 23.6. The summed E-state index contributed by atoms with van der Waals surface area (Å²) in [5.41, 5.74) is 4.70. The number of thiophene rings is 1. The average molecular weight is 574 g/mol. The van der Waals surface area contributed by atoms with Gasteiger partial charge in [-0.15, -0.1) is 11.3 Å². The van der Waals surface area contributed by atoms with Gasteiger partial charge in [0, 0.05) is 21.5 Å². The quantitative estimate of drug-likeness (QED) is 0.171. The molecule has 0 aliphatic heterocycles. The van der Waals surface area contributed by atoms with E-state index in [-0.39, 0.29) is 4.90 Å². The van der Waals surface area contributed by atoms with Crippen LogP contribution >= 0.6 is 35.2 Å². The minimum absolute atomic E-state index is 0.137. The van der Waals surface area contributed by atoms with Crippen molar-refractivity contribution < 1.29 is 17.9 Å². The van der Waals surface area contributed by atoms with E-state index in [0.29, 0.717) is 32.1 Å². The fourth-order valence-corrected chi connectivity index (χ4v) is 6.82. The van der Waals surface area contributed by atoms with Crippen LogP contribution in [0.2, 0.25) is 5.02 Å². The third-order valence-corrected chi connectivity index (χ3v) is 8.80. The number of hydrogen-bond acceptors (Lipinski definition) is 6. The molecule has 0 spiro atoms. The monoisotopic (exact) mass is 573 g/mol. The number of rotatable bonds is 6. The lowest BCUT2D eigenvalue weighted by Crippen LogP contribution is -2.19. The number of carbonyl (C=O) groups is 1. The molecule has 1 aromatic heterocycles. The van der Waals surface area contributed by atoms with Crippen molar-refractivity contribution in [3.8, 4) is 0 Å². The highest BCUT2D eigenvalue weighted by Gasteiger charge is 2.19. The van der Waals surface area contributed by atoms with E-state index in [1.54, 1.807) is 24.3 Å². The molecule has 3 N–H and O–H groups in total. The first-order valence-corrected chi connectivity index (χ1v) is 14.2. The SMILES string of the molecule is COC(=O)c1sc2cc(NC(=S)Nc3ccc(S(=O)(=O)Nc4c(C)cc(C)cc4C)cc3)ccc2c1Cl. The van der Waals surface area contributed by atoms with Crippen LogP contribution in [0.5, 0.6) is 0 Å². The van der Waals surface area contributed by atoms with E-state index in [0.717, 1.165) is 26.8 Å². The van der Waals surface area contributed by atoms with Crippen LogP contribution in [0.4, 0.5) is 17.1 Å². The summed E-state index contributed by atoms with van der Waals surface area (Å²) in [5, 5.41) is 7.55. The first-order chi connectivity index (χ1) is 17.5. The number of sulfonamides is 1. The number of methoxy groups -OCH3 is 1. The standard InChI is InChI=1S/C26H24ClN3O4S3/c1-14-11-15(2)23(16(3)12-14)30-37(32,33)19-8-5-17(6-9-19)28-26(35)29-18-7-10-20-21(13-18)36-24(22(20)27)25(31)34-4/h5-13,30H,1-4H3,(H2,28,29,35). The molecule has 1 heterocycles. The molecule has 0 bridgehead atoms. The highest BCUT2D eigenvalue weighted by molar-refractivity contribution is 7.92. The highest BCUT2D eigenvalue weighted by atomic mass is 35.5. The Labute approximate surface area is 229 Å². The third kappa shape index (κ3) is 5.88. The second-order valence-corrected chi connectivity index (χ2v) is 12.0. The van der Waals surface area contributed by atoms with Gasteiger partial charge in [-0.25, -0.2) is 13.2 Å². The Balaban J connectivity index is 1.45. The van der Waals surface area contributed by atoms with Gasteiger partial charge < -0.3 is 15.4 Å². The predicted octanol–water partition coefficient (Wildman–Crippen LogP) is 6.88. The number of anilines is 3. The molecule has 0 aliphatic carbocycles. The predicted molar refractivity (Wildman–Crippen MR) is 156 cm³/mol. The lowest BCUT2D eigenvalue weighted by atomic mass is 10.1. The van der Waals surface area contributed by atoms with Gasteiger partial charge in [0.15, 0.2) is 5.11 Å². The molecule has 4 aromatic rings. The topological polar surface area (TPSA) is 96.5 Å². The van der Waals surface area contributed by atoms with E-state index in [4.69, 9.17) is 28.6 Å². The summed E-state index contributed by atoms with van der Waals surface area (Å²) in [6, 6.07) is 15.6. The molecule has 0 radical (unpaired) electrons. The van der Waals surface area contributed by atoms with Crippen LogP contribution in [0.25, 0.3) is 10.1 Å². The maximum Gasteiger partial charge on any atom is 0.349 e. The molecule has 0 amide bonds. The van der Waals surface area contributed by atoms with Crippen LogP contribution in [0.1, 0.15) is 26.4 Å². The number of thiocarbonyl (C=S) groups is 1. The summed E-state index contributed by atoms with van der Waals surface area (Å²) in [4.78, 5) is 12.4. The summed E-state index contributed by atoms with van der Waals surface area (Å²) >= 11 is 13.0. The number of nitrogens with one attached hydrogen (secondary N) is 3. The van der Waals surface area contributed by atoms with E-state index in [2.05, 4.69) is 15.4 Å². The first-order valence-electron chi connectivity index (χ1n) is 11.1. The van der Waals surface area contributed by atoms with Crippen LogP contribution < -0.4 is 15.4 Å². The Morgan fingerprint density at radius 2 is 1.54 bits per heavy atom. The fourth-order valence-electron chi connectivity index (χ4n) is 3.91. The lowest BCUT2D eigenvalue weighted by Gasteiger charge is -2.15. The molecule has 192 valence electrons. The van der Waals surface area contributed by atoms with Crippen LogP contribution in [0.3, 0.4) is 0 Å². The molecule has 0 unspecified atom stereocenters. The summed E-state index contributed by atoms with van der Waals surface area (Å²) in [6.07, 6.45) is 0. The zero-order chi connectivity index (χ0) is 26.9. The number of esters is 1. The van der Waals surface area contributed by atoms with Crippen molar-refractivity contribution in [2.75, 3.05) is 22.5 Å². The maximum absolute atomic E-state index is 13.0. The molecule has 3 aromatic carbocycles. The summed E-state index contributed by atoms with van der Waals surface area (Å²) < 4.78 is 34.2. The van der Waals surface area contributed by atoms with Crippen LogP contribution in [0, 0.1) is 20.8 Å². The lowest BCUT2D eigenvalue weighted by molar-refractivity contribution is 0.0606. The second-order valence-electron chi connectivity index (χ2n) is 8.43. The Morgan fingerprint density at radius 3 is 2.16 bits per heavy atom. The molecule has 0 saturated heterocycles. The molecule has 11 heteroatoms. The van der Waals surface area contributed by atoms with E-state index in [1.807, 2.05) is 39.0 Å². The number of carbonyl (C=O) groups excluding carboxylic acids is 1. The molecule has 0 fully saturated rings. The Kier molecular flexibility index (Phi) is 7.75. The van der Waals surface area contributed by atoms with Gasteiger partial charge in [0.25, 0.3) is 10.0 Å². The van der Waals surface area contributed by atoms with Gasteiger partial charge in [-0.3, -0.25) is 4.72 Å². The van der Waals surface area contributed by atoms with Crippen molar-refractivity contribution in [1.82, 2.24) is 0 Å². The van der Waals surface area contributed by atoms with E-state index < -0.39 is 16.0 Å². The third-order valence-electron chi connectivity index (χ3n) is 5.59. The summed E-state index contributed by atoms with van der Waals surface area (Å²) in [5.74, 6) is -0.484. The van der Waals surface area contributed by atoms with Crippen molar-refractivity contribution in [3.63, 3.8) is 0 Å². The Morgan fingerprint density at radius 1 is 0.946 bits per heavy atom. The van der Waals surface area contributed by atoms with E-state index in [9.17, 15) is 13.2 Å². The average Bonchev–Trinajstić information content (AvgIpc) is 3.17. The first kappa shape index (κ1) is 26.9. The molecule has 7 nitrogen and oxygen atoms in total. The molecule has 0 aliphatic rings. The normalized spacial score (nSPS) is 11.3. The Hall–Kier alpha value is -3.18. The summed E-state index contributed by atoms with van der Waals surface area (Å²) in [7, 11) is -2.45. The van der Waals surface area contributed by atoms with Gasteiger partial charge in [0.2, 0.25) is 0 Å². The summed E-state index contributed by atoms with van der Waals surface area (Å²) in [6.45, 7) is 5.73. The number of hydrogen-bond donors (Lipinski definition) is 3. The minimum Gasteiger partial charge on any atom is -0.465 e. The smallest absolute Gasteiger partial charge is 0.349 e. The number of halogens is 1. The number of benzene rings is 3. The van der Waals surface area contributed by atoms with Gasteiger partial charge in [-0.05, 0) is 86.6 Å². The molecule has 37 heavy (non-hydrogen) atoms. The van der Waals surface area contributed by atoms with Gasteiger partial charge in [-0.2, -0.15) is 0 Å². The molecular weight excluding hydrogens is 550 g/mol. The maximum atomic E-state index is 13.0. The van der Waals surface area contributed by atoms with Gasteiger partial charge in [-0.1, -0.05) is 29.3 Å². The number of aryl methyl sites for hydroxylation is 3. The fraction of sp³-hybridized carbons (Fsp3) is 0.154. The van der Waals surface area contributed by atoms with Crippen LogP contribution in [-0.4, -0.2) is 26.6 Å². The molecular formula is C26H24ClN3O4S3. The molecule has 0 atom stereocenters. The zero-order valence-electron chi connectivity index (χ0n) is 20.4. The molecule has 4 rings (SSSR count). The number of fused-ring (bicyclic) bond motifs is 1. The van der Waals surface area contributed by atoms with Crippen LogP contribution in [-0.2, 0) is 14.8 Å². The Bertz CT molecular complexity index is 1610. The van der Waals surface area contributed by atoms with E-state index >= 15 is 0 Å². The van der Waals surface area contributed by atoms with Crippen molar-refractivity contribution in [1.29, 1.82) is 0 Å². The van der Waals surface area contributed by atoms with Crippen LogP contribution in [0.15, 0.2) is 59.5 Å². The second kappa shape index (κ2) is 10.7. The van der Waals surface area contributed by atoms with Gasteiger partial charge >= 0.3 is 5.97 Å². The van der Waals surface area contributed by atoms with Crippen molar-refractivity contribution in [2.45, 2.75) is 25.7 Å². The van der Waals surface area contributed by atoms with Gasteiger partial charge in [0.05, 0.1) is 22.7 Å².